The van der Waals surface area contributed by atoms with E-state index < -0.39 is 0 Å². The Hall–Kier alpha value is -3.01. The normalized spacial score (nSPS) is 13.7. The van der Waals surface area contributed by atoms with Crippen molar-refractivity contribution in [2.75, 3.05) is 24.5 Å². The number of nitriles is 1. The molecule has 1 amide bonds. The first-order chi connectivity index (χ1) is 14.1. The van der Waals surface area contributed by atoms with E-state index in [2.05, 4.69) is 16.0 Å². The number of carbonyl (C=O) groups excluding carboxylic acids is 1. The van der Waals surface area contributed by atoms with Gasteiger partial charge in [-0.1, -0.05) is 29.8 Å². The van der Waals surface area contributed by atoms with Gasteiger partial charge in [-0.2, -0.15) is 5.26 Å². The van der Waals surface area contributed by atoms with E-state index in [1.54, 1.807) is 12.5 Å². The van der Waals surface area contributed by atoms with Crippen LogP contribution in [0.5, 0.6) is 0 Å². The van der Waals surface area contributed by atoms with Crippen LogP contribution in [0.25, 0.3) is 0 Å². The van der Waals surface area contributed by atoms with Gasteiger partial charge in [-0.05, 0) is 35.9 Å². The fourth-order valence-electron chi connectivity index (χ4n) is 3.47. The lowest BCUT2D eigenvalue weighted by Crippen LogP contribution is -2.50. The van der Waals surface area contributed by atoms with Gasteiger partial charge in [0.05, 0.1) is 36.7 Å². The van der Waals surface area contributed by atoms with Gasteiger partial charge in [0.1, 0.15) is 0 Å². The van der Waals surface area contributed by atoms with Crippen molar-refractivity contribution in [3.8, 4) is 6.07 Å². The van der Waals surface area contributed by atoms with Crippen LogP contribution in [0.3, 0.4) is 0 Å². The van der Waals surface area contributed by atoms with Gasteiger partial charge in [0.2, 0.25) is 5.91 Å². The molecule has 30 heavy (non-hydrogen) atoms. The van der Waals surface area contributed by atoms with Crippen LogP contribution in [0.4, 0.5) is 5.69 Å². The van der Waals surface area contributed by atoms with E-state index in [4.69, 9.17) is 16.9 Å². The second-order valence-electron chi connectivity index (χ2n) is 7.04. The summed E-state index contributed by atoms with van der Waals surface area (Å²) in [6, 6.07) is 17.2. The molecule has 1 fully saturated rings. The molecule has 0 spiro atoms. The summed E-state index contributed by atoms with van der Waals surface area (Å²) >= 11 is 6.08. The molecule has 0 aliphatic carbocycles. The quantitative estimate of drug-likeness (QED) is 0.604. The molecule has 0 radical (unpaired) electrons. The van der Waals surface area contributed by atoms with Crippen molar-refractivity contribution in [2.24, 2.45) is 0 Å². The monoisotopic (exact) mass is 441 g/mol. The van der Waals surface area contributed by atoms with Crippen molar-refractivity contribution in [3.05, 3.63) is 82.9 Å². The number of rotatable bonds is 5. The van der Waals surface area contributed by atoms with Crippen molar-refractivity contribution in [3.63, 3.8) is 0 Å². The second kappa shape index (κ2) is 9.66. The lowest BCUT2D eigenvalue weighted by molar-refractivity contribution is -0.131. The molecule has 2 aromatic carbocycles. The molecular weight excluding hydrogens is 421 g/mol. The van der Waals surface area contributed by atoms with E-state index in [0.29, 0.717) is 36.8 Å². The van der Waals surface area contributed by atoms with E-state index in [9.17, 15) is 4.79 Å². The Bertz CT molecular complexity index is 1060. The van der Waals surface area contributed by atoms with Gasteiger partial charge in [0, 0.05) is 36.5 Å². The molecule has 1 aromatic heterocycles. The maximum atomic E-state index is 12.7. The minimum atomic E-state index is 0. The van der Waals surface area contributed by atoms with E-state index in [1.165, 1.54) is 0 Å². The molecule has 0 unspecified atom stereocenters. The number of hydrogen-bond acceptors (Lipinski definition) is 4. The lowest BCUT2D eigenvalue weighted by Gasteiger charge is -2.35. The number of aromatic nitrogens is 2. The standard InChI is InChI=1S/C22H20ClN5O.ClH/c23-19-2-1-3-20(10-19)26-8-9-27(22(29)15-26)14-21-12-25-16-28(21)13-18-6-4-17(11-24)5-7-18;/h1-7,10,12,16H,8-9,13-15H2;1H. The number of carbonyl (C=O) groups is 1. The molecule has 1 aliphatic rings. The molecule has 1 aliphatic heterocycles. The Balaban J connectivity index is 0.00000256. The van der Waals surface area contributed by atoms with Crippen molar-refractivity contribution in [1.29, 1.82) is 5.26 Å². The summed E-state index contributed by atoms with van der Waals surface area (Å²) in [4.78, 5) is 20.9. The van der Waals surface area contributed by atoms with Crippen LogP contribution in [0.1, 0.15) is 16.8 Å². The average Bonchev–Trinajstić information content (AvgIpc) is 3.16. The first kappa shape index (κ1) is 21.7. The number of nitrogens with zero attached hydrogens (tertiary/aromatic N) is 5. The molecule has 1 saturated heterocycles. The third-order valence-corrected chi connectivity index (χ3v) is 5.31. The number of benzene rings is 2. The molecule has 4 rings (SSSR count). The number of halogens is 2. The molecule has 0 atom stereocenters. The van der Waals surface area contributed by atoms with Gasteiger partial charge < -0.3 is 14.4 Å². The van der Waals surface area contributed by atoms with Crippen LogP contribution in [0, 0.1) is 11.3 Å². The molecule has 8 heteroatoms. The third kappa shape index (κ3) is 4.93. The van der Waals surface area contributed by atoms with Gasteiger partial charge in [-0.25, -0.2) is 4.98 Å². The summed E-state index contributed by atoms with van der Waals surface area (Å²) in [6.45, 7) is 2.92. The van der Waals surface area contributed by atoms with E-state index in [1.807, 2.05) is 58.0 Å². The van der Waals surface area contributed by atoms with Crippen molar-refractivity contribution in [1.82, 2.24) is 14.5 Å². The molecule has 6 nitrogen and oxygen atoms in total. The van der Waals surface area contributed by atoms with Crippen molar-refractivity contribution in [2.45, 2.75) is 13.1 Å². The highest BCUT2D eigenvalue weighted by atomic mass is 35.5. The highest BCUT2D eigenvalue weighted by Crippen LogP contribution is 2.22. The number of anilines is 1. The second-order valence-corrected chi connectivity index (χ2v) is 7.47. The van der Waals surface area contributed by atoms with E-state index in [-0.39, 0.29) is 18.3 Å². The van der Waals surface area contributed by atoms with Crippen LogP contribution in [0.2, 0.25) is 5.02 Å². The first-order valence-electron chi connectivity index (χ1n) is 9.39. The van der Waals surface area contributed by atoms with E-state index in [0.717, 1.165) is 23.5 Å². The van der Waals surface area contributed by atoms with Gasteiger partial charge in [0.15, 0.2) is 0 Å². The summed E-state index contributed by atoms with van der Waals surface area (Å²) in [6.07, 6.45) is 3.58. The van der Waals surface area contributed by atoms with Gasteiger partial charge in [0.25, 0.3) is 0 Å². The summed E-state index contributed by atoms with van der Waals surface area (Å²) in [5.41, 5.74) is 3.68. The fourth-order valence-corrected chi connectivity index (χ4v) is 3.65. The SMILES string of the molecule is Cl.N#Cc1ccc(Cn2cncc2CN2CCN(c3cccc(Cl)c3)CC2=O)cc1. The Morgan fingerprint density at radius 1 is 1.10 bits per heavy atom. The minimum Gasteiger partial charge on any atom is -0.360 e. The maximum absolute atomic E-state index is 12.7. The summed E-state index contributed by atoms with van der Waals surface area (Å²) in [5, 5.41) is 9.60. The van der Waals surface area contributed by atoms with Crippen molar-refractivity contribution < 1.29 is 4.79 Å². The minimum absolute atomic E-state index is 0. The fraction of sp³-hybridized carbons (Fsp3) is 0.227. The molecule has 0 bridgehead atoms. The Morgan fingerprint density at radius 2 is 1.90 bits per heavy atom. The largest absolute Gasteiger partial charge is 0.360 e. The predicted octanol–water partition coefficient (Wildman–Crippen LogP) is 3.73. The van der Waals surface area contributed by atoms with Gasteiger partial charge in [-0.3, -0.25) is 4.79 Å². The predicted molar refractivity (Wildman–Crippen MR) is 119 cm³/mol. The van der Waals surface area contributed by atoms with Crippen LogP contribution in [0.15, 0.2) is 61.1 Å². The van der Waals surface area contributed by atoms with Crippen LogP contribution >= 0.6 is 24.0 Å². The number of imidazole rings is 1. The molecule has 154 valence electrons. The topological polar surface area (TPSA) is 65.2 Å². The molecule has 3 aromatic rings. The molecule has 2 heterocycles. The van der Waals surface area contributed by atoms with Crippen LogP contribution in [-0.4, -0.2) is 40.0 Å². The molecule has 0 N–H and O–H groups in total. The zero-order chi connectivity index (χ0) is 20.2. The molecular formula is C22H21Cl2N5O. The maximum Gasteiger partial charge on any atom is 0.242 e. The van der Waals surface area contributed by atoms with Gasteiger partial charge in [-0.15, -0.1) is 12.4 Å². The van der Waals surface area contributed by atoms with Crippen molar-refractivity contribution >= 4 is 35.6 Å². The number of piperazine rings is 1. The summed E-state index contributed by atoms with van der Waals surface area (Å²) < 4.78 is 2.04. The third-order valence-electron chi connectivity index (χ3n) is 5.08. The Kier molecular flexibility index (Phi) is 6.99. The highest BCUT2D eigenvalue weighted by Gasteiger charge is 2.25. The summed E-state index contributed by atoms with van der Waals surface area (Å²) in [7, 11) is 0. The smallest absolute Gasteiger partial charge is 0.242 e. The lowest BCUT2D eigenvalue weighted by atomic mass is 10.1. The van der Waals surface area contributed by atoms with E-state index >= 15 is 0 Å². The first-order valence-corrected chi connectivity index (χ1v) is 9.76. The summed E-state index contributed by atoms with van der Waals surface area (Å²) in [5.74, 6) is 0.0855. The zero-order valence-corrected chi connectivity index (χ0v) is 17.8. The number of amides is 1. The molecule has 0 saturated carbocycles. The van der Waals surface area contributed by atoms with Crippen LogP contribution < -0.4 is 4.90 Å². The average molecular weight is 442 g/mol. The zero-order valence-electron chi connectivity index (χ0n) is 16.2. The van der Waals surface area contributed by atoms with Gasteiger partial charge >= 0.3 is 0 Å². The highest BCUT2D eigenvalue weighted by molar-refractivity contribution is 6.30. The number of hydrogen-bond donors (Lipinski definition) is 0. The van der Waals surface area contributed by atoms with Crippen LogP contribution in [-0.2, 0) is 17.9 Å². The Labute approximate surface area is 186 Å². The Morgan fingerprint density at radius 3 is 2.60 bits per heavy atom.